The SMILES string of the molecule is CCC(C)C(=O)c1cccc2c(NCc3cccc(C(N)=O)c3)ncnc12. The van der Waals surface area contributed by atoms with E-state index >= 15 is 0 Å². The van der Waals surface area contributed by atoms with E-state index in [0.717, 1.165) is 17.4 Å². The molecular weight excluding hydrogens is 340 g/mol. The van der Waals surface area contributed by atoms with Crippen LogP contribution in [0.2, 0.25) is 0 Å². The van der Waals surface area contributed by atoms with Crippen molar-refractivity contribution in [3.05, 3.63) is 65.5 Å². The van der Waals surface area contributed by atoms with Gasteiger partial charge in [0.15, 0.2) is 5.78 Å². The van der Waals surface area contributed by atoms with Crippen molar-refractivity contribution in [3.63, 3.8) is 0 Å². The second kappa shape index (κ2) is 7.95. The molecular formula is C21H22N4O2. The number of ketones is 1. The largest absolute Gasteiger partial charge is 0.366 e. The highest BCUT2D eigenvalue weighted by atomic mass is 16.1. The average Bonchev–Trinajstić information content (AvgIpc) is 2.70. The number of fused-ring (bicyclic) bond motifs is 1. The van der Waals surface area contributed by atoms with Crippen molar-refractivity contribution in [1.29, 1.82) is 0 Å². The fourth-order valence-electron chi connectivity index (χ4n) is 2.90. The normalized spacial score (nSPS) is 11.9. The lowest BCUT2D eigenvalue weighted by atomic mass is 9.95. The highest BCUT2D eigenvalue weighted by Crippen LogP contribution is 2.25. The summed E-state index contributed by atoms with van der Waals surface area (Å²) >= 11 is 0. The van der Waals surface area contributed by atoms with Gasteiger partial charge in [-0.25, -0.2) is 9.97 Å². The van der Waals surface area contributed by atoms with Gasteiger partial charge in [-0.05, 0) is 36.2 Å². The Bertz CT molecular complexity index is 1000. The average molecular weight is 362 g/mol. The Labute approximate surface area is 157 Å². The van der Waals surface area contributed by atoms with E-state index in [1.165, 1.54) is 6.33 Å². The van der Waals surface area contributed by atoms with E-state index in [4.69, 9.17) is 5.73 Å². The Balaban J connectivity index is 1.91. The second-order valence-electron chi connectivity index (χ2n) is 6.52. The van der Waals surface area contributed by atoms with Gasteiger partial charge in [0, 0.05) is 29.0 Å². The first-order valence-corrected chi connectivity index (χ1v) is 8.91. The van der Waals surface area contributed by atoms with Crippen LogP contribution < -0.4 is 11.1 Å². The number of benzene rings is 2. The van der Waals surface area contributed by atoms with Gasteiger partial charge in [0.2, 0.25) is 5.91 Å². The minimum absolute atomic E-state index is 0.0569. The molecule has 0 aliphatic carbocycles. The molecule has 138 valence electrons. The molecule has 3 N–H and O–H groups in total. The Morgan fingerprint density at radius 1 is 1.15 bits per heavy atom. The summed E-state index contributed by atoms with van der Waals surface area (Å²) in [7, 11) is 0. The van der Waals surface area contributed by atoms with Crippen molar-refractivity contribution in [3.8, 4) is 0 Å². The van der Waals surface area contributed by atoms with Gasteiger partial charge >= 0.3 is 0 Å². The molecule has 0 fully saturated rings. The molecule has 1 unspecified atom stereocenters. The number of rotatable bonds is 7. The van der Waals surface area contributed by atoms with Crippen molar-refractivity contribution in [2.75, 3.05) is 5.32 Å². The summed E-state index contributed by atoms with van der Waals surface area (Å²) in [6.45, 7) is 4.39. The minimum Gasteiger partial charge on any atom is -0.366 e. The van der Waals surface area contributed by atoms with Crippen molar-refractivity contribution in [1.82, 2.24) is 9.97 Å². The number of anilines is 1. The minimum atomic E-state index is -0.461. The highest BCUT2D eigenvalue weighted by molar-refractivity contribution is 6.09. The number of hydrogen-bond acceptors (Lipinski definition) is 5. The molecule has 1 amide bonds. The first-order chi connectivity index (χ1) is 13.0. The van der Waals surface area contributed by atoms with Crippen LogP contribution in [0, 0.1) is 5.92 Å². The molecule has 0 bridgehead atoms. The fourth-order valence-corrected chi connectivity index (χ4v) is 2.90. The number of carbonyl (C=O) groups is 2. The molecule has 3 rings (SSSR count). The van der Waals surface area contributed by atoms with Gasteiger partial charge in [0.05, 0.1) is 5.52 Å². The molecule has 2 aromatic carbocycles. The summed E-state index contributed by atoms with van der Waals surface area (Å²) < 4.78 is 0. The first-order valence-electron chi connectivity index (χ1n) is 8.91. The summed E-state index contributed by atoms with van der Waals surface area (Å²) in [6, 6.07) is 12.7. The van der Waals surface area contributed by atoms with Crippen LogP contribution in [0.3, 0.4) is 0 Å². The van der Waals surface area contributed by atoms with Gasteiger partial charge in [-0.1, -0.05) is 32.0 Å². The molecule has 1 aromatic heterocycles. The van der Waals surface area contributed by atoms with Crippen LogP contribution >= 0.6 is 0 Å². The number of nitrogens with zero attached hydrogens (tertiary/aromatic N) is 2. The van der Waals surface area contributed by atoms with E-state index in [1.54, 1.807) is 18.2 Å². The van der Waals surface area contributed by atoms with Crippen LogP contribution in [0.4, 0.5) is 5.82 Å². The molecule has 27 heavy (non-hydrogen) atoms. The van der Waals surface area contributed by atoms with Gasteiger partial charge in [-0.3, -0.25) is 9.59 Å². The number of primary amides is 1. The Kier molecular flexibility index (Phi) is 5.45. The number of carbonyl (C=O) groups excluding carboxylic acids is 2. The van der Waals surface area contributed by atoms with Gasteiger partial charge < -0.3 is 11.1 Å². The third-order valence-electron chi connectivity index (χ3n) is 4.66. The van der Waals surface area contributed by atoms with Crippen molar-refractivity contribution in [2.45, 2.75) is 26.8 Å². The van der Waals surface area contributed by atoms with E-state index in [2.05, 4.69) is 15.3 Å². The van der Waals surface area contributed by atoms with Crippen molar-refractivity contribution < 1.29 is 9.59 Å². The Morgan fingerprint density at radius 2 is 1.93 bits per heavy atom. The van der Waals surface area contributed by atoms with Crippen LogP contribution in [0.15, 0.2) is 48.8 Å². The molecule has 0 saturated heterocycles. The molecule has 1 atom stereocenters. The quantitative estimate of drug-likeness (QED) is 0.626. The fraction of sp³-hybridized carbons (Fsp3) is 0.238. The van der Waals surface area contributed by atoms with Crippen LogP contribution in [0.5, 0.6) is 0 Å². The van der Waals surface area contributed by atoms with Crippen molar-refractivity contribution in [2.24, 2.45) is 11.7 Å². The van der Waals surface area contributed by atoms with Crippen LogP contribution in [0.1, 0.15) is 46.5 Å². The highest BCUT2D eigenvalue weighted by Gasteiger charge is 2.18. The number of hydrogen-bond donors (Lipinski definition) is 2. The lowest BCUT2D eigenvalue weighted by molar-refractivity contribution is 0.0928. The zero-order valence-electron chi connectivity index (χ0n) is 15.4. The lowest BCUT2D eigenvalue weighted by Crippen LogP contribution is -2.12. The van der Waals surface area contributed by atoms with Crippen LogP contribution in [-0.2, 0) is 6.54 Å². The van der Waals surface area contributed by atoms with E-state index in [-0.39, 0.29) is 11.7 Å². The maximum Gasteiger partial charge on any atom is 0.248 e. The predicted octanol–water partition coefficient (Wildman–Crippen LogP) is 3.57. The Hall–Kier alpha value is -3.28. The number of aromatic nitrogens is 2. The molecule has 0 aliphatic rings. The van der Waals surface area contributed by atoms with E-state index < -0.39 is 5.91 Å². The number of para-hydroxylation sites is 1. The third kappa shape index (κ3) is 3.95. The van der Waals surface area contributed by atoms with Gasteiger partial charge in [0.25, 0.3) is 0 Å². The smallest absolute Gasteiger partial charge is 0.248 e. The molecule has 6 nitrogen and oxygen atoms in total. The molecule has 0 radical (unpaired) electrons. The summed E-state index contributed by atoms with van der Waals surface area (Å²) in [5, 5.41) is 4.05. The number of Topliss-reactive ketones (excluding diaryl/α,β-unsaturated/α-hetero) is 1. The molecule has 0 saturated carbocycles. The first kappa shape index (κ1) is 18.5. The summed E-state index contributed by atoms with van der Waals surface area (Å²) in [5.74, 6) is 0.209. The molecule has 6 heteroatoms. The molecule has 3 aromatic rings. The topological polar surface area (TPSA) is 98.0 Å². The predicted molar refractivity (Wildman–Crippen MR) is 106 cm³/mol. The van der Waals surface area contributed by atoms with Gasteiger partial charge in [-0.15, -0.1) is 0 Å². The summed E-state index contributed by atoms with van der Waals surface area (Å²) in [5.41, 5.74) is 7.96. The monoisotopic (exact) mass is 362 g/mol. The van der Waals surface area contributed by atoms with Crippen LogP contribution in [0.25, 0.3) is 10.9 Å². The maximum atomic E-state index is 12.7. The van der Waals surface area contributed by atoms with Gasteiger partial charge in [-0.2, -0.15) is 0 Å². The van der Waals surface area contributed by atoms with Crippen LogP contribution in [-0.4, -0.2) is 21.7 Å². The maximum absolute atomic E-state index is 12.7. The molecule has 1 heterocycles. The molecule has 0 spiro atoms. The Morgan fingerprint density at radius 3 is 2.67 bits per heavy atom. The van der Waals surface area contributed by atoms with E-state index in [9.17, 15) is 9.59 Å². The summed E-state index contributed by atoms with van der Waals surface area (Å²) in [6.07, 6.45) is 2.24. The molecule has 0 aliphatic heterocycles. The van der Waals surface area contributed by atoms with E-state index in [0.29, 0.717) is 29.0 Å². The zero-order chi connectivity index (χ0) is 19.4. The number of nitrogens with two attached hydrogens (primary N) is 1. The van der Waals surface area contributed by atoms with E-state index in [1.807, 2.05) is 38.1 Å². The standard InChI is InChI=1S/C21H22N4O2/c1-3-13(2)19(26)16-8-5-9-17-18(16)24-12-25-21(17)23-11-14-6-4-7-15(10-14)20(22)27/h4-10,12-13H,3,11H2,1-2H3,(H2,22,27)(H,23,24,25). The lowest BCUT2D eigenvalue weighted by Gasteiger charge is -2.12. The number of amides is 1. The van der Waals surface area contributed by atoms with Gasteiger partial charge in [0.1, 0.15) is 12.1 Å². The second-order valence-corrected chi connectivity index (χ2v) is 6.52. The third-order valence-corrected chi connectivity index (χ3v) is 4.66. The summed E-state index contributed by atoms with van der Waals surface area (Å²) in [4.78, 5) is 32.6. The zero-order valence-corrected chi connectivity index (χ0v) is 15.4. The van der Waals surface area contributed by atoms with Crippen molar-refractivity contribution >= 4 is 28.4 Å². The number of nitrogens with one attached hydrogen (secondary N) is 1.